The van der Waals surface area contributed by atoms with Crippen molar-refractivity contribution in [3.05, 3.63) is 29.3 Å². The lowest BCUT2D eigenvalue weighted by molar-refractivity contribution is 0.501. The largest absolute Gasteiger partial charge is 0.509 e. The molecule has 0 fully saturated rings. The molecule has 0 spiro atoms. The van der Waals surface area contributed by atoms with Gasteiger partial charge in [-0.15, -0.1) is 5.46 Å². The molecular formula is C9H9BF3-. The Bertz CT molecular complexity index is 330. The van der Waals surface area contributed by atoms with E-state index in [0.717, 1.165) is 30.4 Å². The van der Waals surface area contributed by atoms with Crippen molar-refractivity contribution in [2.45, 2.75) is 19.3 Å². The zero-order valence-corrected chi connectivity index (χ0v) is 7.06. The highest BCUT2D eigenvalue weighted by Gasteiger charge is 2.26. The maximum atomic E-state index is 12.3. The first-order chi connectivity index (χ1) is 6.07. The van der Waals surface area contributed by atoms with Gasteiger partial charge < -0.3 is 12.9 Å². The van der Waals surface area contributed by atoms with Crippen LogP contribution < -0.4 is 5.46 Å². The second-order valence-electron chi connectivity index (χ2n) is 3.46. The van der Waals surface area contributed by atoms with Crippen molar-refractivity contribution >= 4 is 12.4 Å². The van der Waals surface area contributed by atoms with E-state index in [0.29, 0.717) is 0 Å². The highest BCUT2D eigenvalue weighted by atomic mass is 19.4. The van der Waals surface area contributed by atoms with Gasteiger partial charge in [0.2, 0.25) is 0 Å². The van der Waals surface area contributed by atoms with E-state index in [2.05, 4.69) is 0 Å². The summed E-state index contributed by atoms with van der Waals surface area (Å²) in [5, 5.41) is 0. The normalized spacial score (nSPS) is 15.9. The van der Waals surface area contributed by atoms with E-state index in [1.54, 1.807) is 6.07 Å². The zero-order valence-electron chi connectivity index (χ0n) is 7.06. The molecule has 0 saturated carbocycles. The molecule has 4 heteroatoms. The topological polar surface area (TPSA) is 0 Å². The molecule has 1 aromatic carbocycles. The van der Waals surface area contributed by atoms with Gasteiger partial charge in [0.1, 0.15) is 0 Å². The van der Waals surface area contributed by atoms with Crippen molar-refractivity contribution < 1.29 is 12.9 Å². The maximum absolute atomic E-state index is 12.3. The standard InChI is InChI=1S/C9H9BF3/c11-10(12,13)9-5-4-7-2-1-3-8(7)6-9/h4-6H,1-3H2/q-1. The van der Waals surface area contributed by atoms with Gasteiger partial charge in [-0.05, 0) is 30.4 Å². The summed E-state index contributed by atoms with van der Waals surface area (Å²) in [6, 6.07) is 4.12. The van der Waals surface area contributed by atoms with Crippen molar-refractivity contribution in [3.8, 4) is 0 Å². The summed E-state index contributed by atoms with van der Waals surface area (Å²) in [5.41, 5.74) is 1.51. The molecule has 0 unspecified atom stereocenters. The van der Waals surface area contributed by atoms with Gasteiger partial charge in [-0.25, -0.2) is 0 Å². The third-order valence-electron chi connectivity index (χ3n) is 2.50. The summed E-state index contributed by atoms with van der Waals surface area (Å²) in [5.74, 6) is 0. The Morgan fingerprint density at radius 1 is 1.00 bits per heavy atom. The highest BCUT2D eigenvalue weighted by Crippen LogP contribution is 2.22. The Morgan fingerprint density at radius 2 is 1.69 bits per heavy atom. The summed E-state index contributed by atoms with van der Waals surface area (Å²) in [6.07, 6.45) is 2.72. The minimum Gasteiger partial charge on any atom is -0.445 e. The van der Waals surface area contributed by atoms with E-state index >= 15 is 0 Å². The van der Waals surface area contributed by atoms with Crippen LogP contribution in [-0.4, -0.2) is 6.98 Å². The molecule has 0 bridgehead atoms. The number of hydrogen-bond acceptors (Lipinski definition) is 0. The second kappa shape index (κ2) is 2.79. The van der Waals surface area contributed by atoms with E-state index in [9.17, 15) is 12.9 Å². The van der Waals surface area contributed by atoms with Crippen LogP contribution in [0.25, 0.3) is 0 Å². The lowest BCUT2D eigenvalue weighted by Gasteiger charge is -2.15. The van der Waals surface area contributed by atoms with Crippen LogP contribution in [0.1, 0.15) is 17.5 Å². The number of halogens is 3. The average Bonchev–Trinajstić information content (AvgIpc) is 2.47. The molecule has 0 heterocycles. The molecule has 0 radical (unpaired) electrons. The van der Waals surface area contributed by atoms with Gasteiger partial charge in [-0.2, -0.15) is 0 Å². The first-order valence-electron chi connectivity index (χ1n) is 4.39. The number of aryl methyl sites for hydroxylation is 2. The fraction of sp³-hybridized carbons (Fsp3) is 0.333. The SMILES string of the molecule is F[B-](F)(F)c1ccc2c(c1)CCC2. The molecule has 0 aromatic heterocycles. The molecule has 0 amide bonds. The molecule has 13 heavy (non-hydrogen) atoms. The van der Waals surface area contributed by atoms with Crippen LogP contribution in [0.3, 0.4) is 0 Å². The Kier molecular flexibility index (Phi) is 1.86. The smallest absolute Gasteiger partial charge is 0.445 e. The molecule has 1 aliphatic carbocycles. The van der Waals surface area contributed by atoms with E-state index < -0.39 is 12.4 Å². The predicted octanol–water partition coefficient (Wildman–Crippen LogP) is 2.23. The van der Waals surface area contributed by atoms with Crippen molar-refractivity contribution in [1.29, 1.82) is 0 Å². The Hall–Kier alpha value is -0.925. The Morgan fingerprint density at radius 3 is 2.38 bits per heavy atom. The van der Waals surface area contributed by atoms with Gasteiger partial charge in [-0.1, -0.05) is 18.2 Å². The van der Waals surface area contributed by atoms with Crippen LogP contribution in [0, 0.1) is 0 Å². The van der Waals surface area contributed by atoms with Crippen molar-refractivity contribution in [3.63, 3.8) is 0 Å². The van der Waals surface area contributed by atoms with E-state index in [4.69, 9.17) is 0 Å². The molecule has 0 saturated heterocycles. The van der Waals surface area contributed by atoms with Gasteiger partial charge in [0.05, 0.1) is 0 Å². The Labute approximate surface area is 74.8 Å². The van der Waals surface area contributed by atoms with Gasteiger partial charge in [0.15, 0.2) is 0 Å². The number of benzene rings is 1. The van der Waals surface area contributed by atoms with Crippen LogP contribution >= 0.6 is 0 Å². The van der Waals surface area contributed by atoms with Crippen molar-refractivity contribution in [1.82, 2.24) is 0 Å². The fourth-order valence-corrected chi connectivity index (χ4v) is 1.80. The molecule has 0 aliphatic heterocycles. The third kappa shape index (κ3) is 1.57. The van der Waals surface area contributed by atoms with Crippen LogP contribution in [0.5, 0.6) is 0 Å². The summed E-state index contributed by atoms with van der Waals surface area (Å²) in [4.78, 5) is 0. The van der Waals surface area contributed by atoms with Crippen LogP contribution in [0.2, 0.25) is 0 Å². The van der Waals surface area contributed by atoms with E-state index in [1.807, 2.05) is 0 Å². The molecule has 0 atom stereocenters. The van der Waals surface area contributed by atoms with Crippen molar-refractivity contribution in [2.75, 3.05) is 0 Å². The second-order valence-corrected chi connectivity index (χ2v) is 3.46. The van der Waals surface area contributed by atoms with Crippen LogP contribution in [0.4, 0.5) is 12.9 Å². The lowest BCUT2D eigenvalue weighted by Crippen LogP contribution is -2.34. The summed E-state index contributed by atoms with van der Waals surface area (Å²) in [7, 11) is 0. The van der Waals surface area contributed by atoms with Crippen molar-refractivity contribution in [2.24, 2.45) is 0 Å². The first-order valence-corrected chi connectivity index (χ1v) is 4.39. The summed E-state index contributed by atoms with van der Waals surface area (Å²) in [6.45, 7) is -4.82. The molecule has 0 nitrogen and oxygen atoms in total. The quantitative estimate of drug-likeness (QED) is 0.588. The first kappa shape index (κ1) is 8.66. The Balaban J connectivity index is 2.42. The number of fused-ring (bicyclic) bond motifs is 1. The number of hydrogen-bond donors (Lipinski definition) is 0. The average molecular weight is 185 g/mol. The summed E-state index contributed by atoms with van der Waals surface area (Å²) < 4.78 is 37.0. The minimum absolute atomic E-state index is 0.458. The van der Waals surface area contributed by atoms with Gasteiger partial charge in [-0.3, -0.25) is 0 Å². The number of rotatable bonds is 1. The monoisotopic (exact) mass is 185 g/mol. The fourth-order valence-electron chi connectivity index (χ4n) is 1.80. The van der Waals surface area contributed by atoms with Gasteiger partial charge in [0.25, 0.3) is 0 Å². The highest BCUT2D eigenvalue weighted by molar-refractivity contribution is 6.73. The molecule has 1 aliphatic rings. The predicted molar refractivity (Wildman–Crippen MR) is 47.2 cm³/mol. The van der Waals surface area contributed by atoms with E-state index in [1.165, 1.54) is 12.1 Å². The molecule has 0 N–H and O–H groups in total. The van der Waals surface area contributed by atoms with Crippen LogP contribution in [0.15, 0.2) is 18.2 Å². The van der Waals surface area contributed by atoms with Crippen LogP contribution in [-0.2, 0) is 12.8 Å². The maximum Gasteiger partial charge on any atom is 0.509 e. The van der Waals surface area contributed by atoms with Gasteiger partial charge >= 0.3 is 6.98 Å². The zero-order chi connectivity index (χ0) is 9.47. The minimum atomic E-state index is -4.82. The third-order valence-corrected chi connectivity index (χ3v) is 2.50. The van der Waals surface area contributed by atoms with E-state index in [-0.39, 0.29) is 0 Å². The van der Waals surface area contributed by atoms with Gasteiger partial charge in [0, 0.05) is 0 Å². The summed E-state index contributed by atoms with van der Waals surface area (Å²) >= 11 is 0. The molecule has 70 valence electrons. The lowest BCUT2D eigenvalue weighted by atomic mass is 9.79. The molecule has 2 rings (SSSR count). The molecule has 1 aromatic rings. The molecular weight excluding hydrogens is 176 g/mol.